The molecule has 0 amide bonds. The second-order valence-corrected chi connectivity index (χ2v) is 4.53. The Morgan fingerprint density at radius 1 is 1.33 bits per heavy atom. The van der Waals surface area contributed by atoms with Gasteiger partial charge in [-0.05, 0) is 5.92 Å². The fourth-order valence-corrected chi connectivity index (χ4v) is 1.57. The molecule has 0 unspecified atom stereocenters. The van der Waals surface area contributed by atoms with Gasteiger partial charge in [-0.25, -0.2) is 13.1 Å². The summed E-state index contributed by atoms with van der Waals surface area (Å²) in [6, 6.07) is -0.266. The molecule has 0 aromatic heterocycles. The van der Waals surface area contributed by atoms with Gasteiger partial charge in [0.1, 0.15) is 0 Å². The number of sulfonamides is 1. The molecule has 2 atom stereocenters. The molecular weight excluding hydrogens is 174 g/mol. The van der Waals surface area contributed by atoms with Gasteiger partial charge in [0.2, 0.25) is 10.0 Å². The molecule has 3 nitrogen and oxygen atoms in total. The number of rotatable bonds is 5. The third-order valence-corrected chi connectivity index (χ3v) is 2.24. The average molecular weight is 189 g/mol. The van der Waals surface area contributed by atoms with E-state index >= 15 is 0 Å². The van der Waals surface area contributed by atoms with E-state index in [2.05, 4.69) is 17.9 Å². The van der Waals surface area contributed by atoms with E-state index in [1.54, 1.807) is 12.2 Å². The second-order valence-electron chi connectivity index (χ2n) is 2.75. The van der Waals surface area contributed by atoms with Gasteiger partial charge in [0.05, 0.1) is 6.26 Å². The highest BCUT2D eigenvalue weighted by Crippen LogP contribution is 2.05. The third kappa shape index (κ3) is 4.31. The minimum Gasteiger partial charge on any atom is -0.213 e. The van der Waals surface area contributed by atoms with Crippen molar-refractivity contribution in [1.82, 2.24) is 4.72 Å². The molecule has 0 aliphatic rings. The number of hydrogen-bond donors (Lipinski definition) is 1. The normalized spacial score (nSPS) is 16.5. The first kappa shape index (κ1) is 11.4. The lowest BCUT2D eigenvalue weighted by Crippen LogP contribution is -2.36. The van der Waals surface area contributed by atoms with Gasteiger partial charge in [-0.1, -0.05) is 19.1 Å². The molecule has 0 fully saturated rings. The summed E-state index contributed by atoms with van der Waals surface area (Å²) in [6.45, 7) is 8.99. The highest BCUT2D eigenvalue weighted by molar-refractivity contribution is 7.88. The molecule has 0 heterocycles. The van der Waals surface area contributed by atoms with Crippen molar-refractivity contribution in [3.05, 3.63) is 25.3 Å². The quantitative estimate of drug-likeness (QED) is 0.653. The zero-order chi connectivity index (χ0) is 9.78. The van der Waals surface area contributed by atoms with Crippen LogP contribution >= 0.6 is 0 Å². The van der Waals surface area contributed by atoms with Crippen molar-refractivity contribution in [3.8, 4) is 0 Å². The van der Waals surface area contributed by atoms with Crippen molar-refractivity contribution >= 4 is 10.0 Å². The number of hydrogen-bond acceptors (Lipinski definition) is 2. The highest BCUT2D eigenvalue weighted by atomic mass is 32.2. The van der Waals surface area contributed by atoms with E-state index in [0.717, 1.165) is 6.26 Å². The van der Waals surface area contributed by atoms with Crippen LogP contribution in [0.1, 0.15) is 6.92 Å². The molecule has 0 spiro atoms. The molecular formula is C8H15NO2S. The second kappa shape index (κ2) is 4.42. The predicted molar refractivity (Wildman–Crippen MR) is 51.3 cm³/mol. The first-order chi connectivity index (χ1) is 5.40. The van der Waals surface area contributed by atoms with Gasteiger partial charge < -0.3 is 0 Å². The maximum atomic E-state index is 10.8. The summed E-state index contributed by atoms with van der Waals surface area (Å²) in [4.78, 5) is 0. The standard InChI is InChI=1S/C8H15NO2S/c1-5-7(3)8(6-2)9-12(4,10)11/h5-9H,1-2H2,3-4H3/t7-,8-/m0/s1. The lowest BCUT2D eigenvalue weighted by molar-refractivity contribution is 0.542. The summed E-state index contributed by atoms with van der Waals surface area (Å²) in [5.74, 6) is 0.0530. The fourth-order valence-electron chi connectivity index (χ4n) is 0.764. The smallest absolute Gasteiger partial charge is 0.209 e. The molecule has 0 saturated carbocycles. The van der Waals surface area contributed by atoms with E-state index in [-0.39, 0.29) is 12.0 Å². The first-order valence-electron chi connectivity index (χ1n) is 3.63. The van der Waals surface area contributed by atoms with Gasteiger partial charge in [-0.15, -0.1) is 13.2 Å². The van der Waals surface area contributed by atoms with Gasteiger partial charge in [0, 0.05) is 6.04 Å². The van der Waals surface area contributed by atoms with Crippen LogP contribution < -0.4 is 4.72 Å². The highest BCUT2D eigenvalue weighted by Gasteiger charge is 2.14. The van der Waals surface area contributed by atoms with E-state index in [1.165, 1.54) is 0 Å². The Kier molecular flexibility index (Phi) is 4.20. The average Bonchev–Trinajstić information content (AvgIpc) is 1.97. The van der Waals surface area contributed by atoms with E-state index < -0.39 is 10.0 Å². The van der Waals surface area contributed by atoms with Gasteiger partial charge in [-0.2, -0.15) is 0 Å². The van der Waals surface area contributed by atoms with Crippen molar-refractivity contribution in [2.24, 2.45) is 5.92 Å². The maximum absolute atomic E-state index is 10.8. The Bertz CT molecular complexity index is 256. The van der Waals surface area contributed by atoms with Crippen LogP contribution in [0.2, 0.25) is 0 Å². The summed E-state index contributed by atoms with van der Waals surface area (Å²) in [5, 5.41) is 0. The van der Waals surface area contributed by atoms with Crippen LogP contribution in [0.5, 0.6) is 0 Å². The van der Waals surface area contributed by atoms with Crippen molar-refractivity contribution in [2.45, 2.75) is 13.0 Å². The van der Waals surface area contributed by atoms with Crippen molar-refractivity contribution in [1.29, 1.82) is 0 Å². The fraction of sp³-hybridized carbons (Fsp3) is 0.500. The number of nitrogens with one attached hydrogen (secondary N) is 1. The van der Waals surface area contributed by atoms with Crippen molar-refractivity contribution < 1.29 is 8.42 Å². The molecule has 0 aromatic carbocycles. The lowest BCUT2D eigenvalue weighted by atomic mass is 10.0. The van der Waals surface area contributed by atoms with Crippen molar-refractivity contribution in [3.63, 3.8) is 0 Å². The minimum atomic E-state index is -3.16. The molecule has 0 aliphatic carbocycles. The zero-order valence-corrected chi connectivity index (χ0v) is 8.26. The molecule has 0 aromatic rings. The SMILES string of the molecule is C=C[C@H](NS(C)(=O)=O)[C@@H](C)C=C. The van der Waals surface area contributed by atoms with Gasteiger partial charge in [-0.3, -0.25) is 0 Å². The van der Waals surface area contributed by atoms with Crippen LogP contribution in [0.3, 0.4) is 0 Å². The van der Waals surface area contributed by atoms with E-state index in [0.29, 0.717) is 0 Å². The van der Waals surface area contributed by atoms with Crippen LogP contribution in [-0.2, 0) is 10.0 Å². The molecule has 0 saturated heterocycles. The van der Waals surface area contributed by atoms with E-state index in [4.69, 9.17) is 0 Å². The Hall–Kier alpha value is -0.610. The zero-order valence-electron chi connectivity index (χ0n) is 7.45. The Labute approximate surface area is 74.2 Å². The third-order valence-electron chi connectivity index (χ3n) is 1.54. The Morgan fingerprint density at radius 2 is 1.83 bits per heavy atom. The van der Waals surface area contributed by atoms with Crippen LogP contribution in [0.15, 0.2) is 25.3 Å². The summed E-state index contributed by atoms with van der Waals surface area (Å²) in [5.41, 5.74) is 0. The van der Waals surface area contributed by atoms with Gasteiger partial charge >= 0.3 is 0 Å². The first-order valence-corrected chi connectivity index (χ1v) is 5.52. The summed E-state index contributed by atoms with van der Waals surface area (Å²) < 4.78 is 24.1. The molecule has 0 bridgehead atoms. The molecule has 0 rings (SSSR count). The Balaban J connectivity index is 4.38. The van der Waals surface area contributed by atoms with E-state index in [9.17, 15) is 8.42 Å². The molecule has 70 valence electrons. The van der Waals surface area contributed by atoms with Crippen LogP contribution in [0, 0.1) is 5.92 Å². The summed E-state index contributed by atoms with van der Waals surface area (Å²) in [6.07, 6.45) is 4.37. The monoisotopic (exact) mass is 189 g/mol. The largest absolute Gasteiger partial charge is 0.213 e. The molecule has 4 heteroatoms. The molecule has 1 N–H and O–H groups in total. The van der Waals surface area contributed by atoms with Crippen molar-refractivity contribution in [2.75, 3.05) is 6.26 Å². The predicted octanol–water partition coefficient (Wildman–Crippen LogP) is 0.912. The maximum Gasteiger partial charge on any atom is 0.209 e. The van der Waals surface area contributed by atoms with Crippen LogP contribution in [0.4, 0.5) is 0 Å². The molecule has 12 heavy (non-hydrogen) atoms. The summed E-state index contributed by atoms with van der Waals surface area (Å²) >= 11 is 0. The topological polar surface area (TPSA) is 46.2 Å². The van der Waals surface area contributed by atoms with Gasteiger partial charge in [0.25, 0.3) is 0 Å². The van der Waals surface area contributed by atoms with Crippen LogP contribution in [-0.4, -0.2) is 20.7 Å². The molecule has 0 radical (unpaired) electrons. The minimum absolute atomic E-state index is 0.0530. The Morgan fingerprint density at radius 3 is 2.08 bits per heavy atom. The van der Waals surface area contributed by atoms with E-state index in [1.807, 2.05) is 6.92 Å². The van der Waals surface area contributed by atoms with Gasteiger partial charge in [0.15, 0.2) is 0 Å². The lowest BCUT2D eigenvalue weighted by Gasteiger charge is -2.17. The molecule has 0 aliphatic heterocycles. The summed E-state index contributed by atoms with van der Waals surface area (Å²) in [7, 11) is -3.16. The van der Waals surface area contributed by atoms with Crippen LogP contribution in [0.25, 0.3) is 0 Å².